The van der Waals surface area contributed by atoms with Gasteiger partial charge in [0.25, 0.3) is 0 Å². The van der Waals surface area contributed by atoms with Gasteiger partial charge < -0.3 is 28.7 Å². The zero-order valence-corrected chi connectivity index (χ0v) is 19.2. The van der Waals surface area contributed by atoms with Crippen LogP contribution in [0.15, 0.2) is 12.1 Å². The maximum Gasteiger partial charge on any atom is 0.356 e. The van der Waals surface area contributed by atoms with E-state index in [-0.39, 0.29) is 48.0 Å². The molecule has 0 saturated carbocycles. The van der Waals surface area contributed by atoms with Crippen LogP contribution in [0.25, 0.3) is 21.8 Å². The van der Waals surface area contributed by atoms with Gasteiger partial charge >= 0.3 is 17.9 Å². The molecule has 3 aromatic rings. The van der Waals surface area contributed by atoms with Crippen molar-refractivity contribution in [3.8, 4) is 11.5 Å². The van der Waals surface area contributed by atoms with Crippen molar-refractivity contribution in [3.63, 3.8) is 0 Å². The highest BCUT2D eigenvalue weighted by atomic mass is 16.5. The molecule has 0 unspecified atom stereocenters. The van der Waals surface area contributed by atoms with Crippen LogP contribution in [0.4, 0.5) is 0 Å². The monoisotopic (exact) mass is 458 g/mol. The minimum absolute atomic E-state index is 0.0634. The van der Waals surface area contributed by atoms with Crippen molar-refractivity contribution in [1.82, 2.24) is 9.97 Å². The standard InChI is InChI=1S/C23H26N2O8/c1-6-30-19-13-11-15(23(28)33-9-4)24-17(13)16-12(21(26)31-7-2)10-14(22(27)32-8-3)25-18(16)20(19)29-5/h10-11,24H,6-9H2,1-5H3. The van der Waals surface area contributed by atoms with Crippen LogP contribution in [0.1, 0.15) is 59.0 Å². The largest absolute Gasteiger partial charge is 0.491 e. The van der Waals surface area contributed by atoms with Gasteiger partial charge in [0.15, 0.2) is 11.5 Å². The first-order valence-corrected chi connectivity index (χ1v) is 10.6. The Hall–Kier alpha value is -3.82. The summed E-state index contributed by atoms with van der Waals surface area (Å²) >= 11 is 0. The lowest BCUT2D eigenvalue weighted by molar-refractivity contribution is 0.0508. The Labute approximate surface area is 190 Å². The highest BCUT2D eigenvalue weighted by Gasteiger charge is 2.28. The van der Waals surface area contributed by atoms with Crippen molar-refractivity contribution >= 4 is 39.7 Å². The molecule has 0 atom stereocenters. The van der Waals surface area contributed by atoms with E-state index < -0.39 is 17.9 Å². The number of carbonyl (C=O) groups excluding carboxylic acids is 3. The maximum atomic E-state index is 12.9. The van der Waals surface area contributed by atoms with Gasteiger partial charge in [0, 0.05) is 10.8 Å². The molecule has 1 N–H and O–H groups in total. The Morgan fingerprint density at radius 1 is 0.848 bits per heavy atom. The molecule has 1 aromatic carbocycles. The molecule has 2 heterocycles. The zero-order valence-electron chi connectivity index (χ0n) is 19.2. The lowest BCUT2D eigenvalue weighted by atomic mass is 10.0. The fourth-order valence-electron chi connectivity index (χ4n) is 3.50. The van der Waals surface area contributed by atoms with Crippen molar-refractivity contribution in [1.29, 1.82) is 0 Å². The van der Waals surface area contributed by atoms with E-state index in [0.717, 1.165) is 0 Å². The second-order valence-electron chi connectivity index (χ2n) is 6.71. The number of aromatic nitrogens is 2. The molecule has 0 saturated heterocycles. The van der Waals surface area contributed by atoms with E-state index in [1.165, 1.54) is 13.2 Å². The molecule has 0 amide bonds. The lowest BCUT2D eigenvalue weighted by Gasteiger charge is -2.16. The Morgan fingerprint density at radius 3 is 2.09 bits per heavy atom. The molecule has 0 radical (unpaired) electrons. The SMILES string of the molecule is CCOC(=O)c1cc(C(=O)OCC)c2c(n1)c(OC)c(OCC)c1cc(C(=O)OCC)[nH]c12. The number of H-pyrrole nitrogens is 1. The fraction of sp³-hybridized carbons (Fsp3) is 0.391. The number of fused-ring (bicyclic) bond motifs is 3. The summed E-state index contributed by atoms with van der Waals surface area (Å²) in [6.45, 7) is 7.56. The van der Waals surface area contributed by atoms with Crippen molar-refractivity contribution in [3.05, 3.63) is 29.1 Å². The first kappa shape index (κ1) is 23.8. The third-order valence-corrected chi connectivity index (χ3v) is 4.72. The number of benzene rings is 1. The smallest absolute Gasteiger partial charge is 0.356 e. The molecular formula is C23H26N2O8. The van der Waals surface area contributed by atoms with E-state index >= 15 is 0 Å². The van der Waals surface area contributed by atoms with Crippen molar-refractivity contribution in [2.75, 3.05) is 33.5 Å². The quantitative estimate of drug-likeness (QED) is 0.378. The average Bonchev–Trinajstić information content (AvgIpc) is 3.24. The first-order chi connectivity index (χ1) is 15.9. The number of rotatable bonds is 9. The van der Waals surface area contributed by atoms with Gasteiger partial charge in [-0.3, -0.25) is 0 Å². The minimum Gasteiger partial charge on any atom is -0.491 e. The molecule has 10 heteroatoms. The Kier molecular flexibility index (Phi) is 7.37. The first-order valence-electron chi connectivity index (χ1n) is 10.6. The highest BCUT2D eigenvalue weighted by Crippen LogP contribution is 2.44. The number of carbonyl (C=O) groups is 3. The van der Waals surface area contributed by atoms with E-state index in [0.29, 0.717) is 28.6 Å². The lowest BCUT2D eigenvalue weighted by Crippen LogP contribution is -2.13. The summed E-state index contributed by atoms with van der Waals surface area (Å²) in [4.78, 5) is 45.2. The van der Waals surface area contributed by atoms with Gasteiger partial charge in [-0.25, -0.2) is 19.4 Å². The molecule has 33 heavy (non-hydrogen) atoms. The predicted molar refractivity (Wildman–Crippen MR) is 119 cm³/mol. The average molecular weight is 458 g/mol. The predicted octanol–water partition coefficient (Wildman–Crippen LogP) is 3.65. The fourth-order valence-corrected chi connectivity index (χ4v) is 3.50. The number of hydrogen-bond acceptors (Lipinski definition) is 9. The van der Waals surface area contributed by atoms with Gasteiger partial charge in [-0.05, 0) is 39.8 Å². The van der Waals surface area contributed by atoms with E-state index in [1.807, 2.05) is 0 Å². The van der Waals surface area contributed by atoms with Crippen molar-refractivity contribution in [2.24, 2.45) is 0 Å². The molecule has 0 aliphatic carbocycles. The molecule has 0 aliphatic rings. The molecule has 3 rings (SSSR count). The number of pyridine rings is 1. The zero-order chi connectivity index (χ0) is 24.1. The normalized spacial score (nSPS) is 10.8. The van der Waals surface area contributed by atoms with E-state index in [2.05, 4.69) is 9.97 Å². The van der Waals surface area contributed by atoms with Crippen LogP contribution in [0.5, 0.6) is 11.5 Å². The Balaban J connectivity index is 2.49. The molecule has 0 spiro atoms. The van der Waals surface area contributed by atoms with Crippen LogP contribution in [0, 0.1) is 0 Å². The van der Waals surface area contributed by atoms with E-state index in [1.54, 1.807) is 33.8 Å². The number of esters is 3. The maximum absolute atomic E-state index is 12.9. The van der Waals surface area contributed by atoms with Crippen LogP contribution in [-0.2, 0) is 14.2 Å². The number of methoxy groups -OCH3 is 1. The molecule has 176 valence electrons. The summed E-state index contributed by atoms with van der Waals surface area (Å²) < 4.78 is 26.8. The van der Waals surface area contributed by atoms with Crippen LogP contribution >= 0.6 is 0 Å². The summed E-state index contributed by atoms with van der Waals surface area (Å²) in [5.41, 5.74) is 0.701. The number of hydrogen-bond donors (Lipinski definition) is 1. The van der Waals surface area contributed by atoms with Gasteiger partial charge in [-0.2, -0.15) is 0 Å². The van der Waals surface area contributed by atoms with Crippen LogP contribution < -0.4 is 9.47 Å². The summed E-state index contributed by atoms with van der Waals surface area (Å²) in [6, 6.07) is 2.87. The minimum atomic E-state index is -0.705. The highest BCUT2D eigenvalue weighted by molar-refractivity contribution is 6.20. The van der Waals surface area contributed by atoms with Crippen LogP contribution in [0.2, 0.25) is 0 Å². The van der Waals surface area contributed by atoms with E-state index in [9.17, 15) is 14.4 Å². The molecular weight excluding hydrogens is 432 g/mol. The number of nitrogens with zero attached hydrogens (tertiary/aromatic N) is 1. The molecule has 0 bridgehead atoms. The van der Waals surface area contributed by atoms with Crippen molar-refractivity contribution < 1.29 is 38.1 Å². The third kappa shape index (κ3) is 4.41. The Morgan fingerprint density at radius 2 is 1.48 bits per heavy atom. The molecule has 10 nitrogen and oxygen atoms in total. The number of aromatic amines is 1. The van der Waals surface area contributed by atoms with Gasteiger partial charge in [0.1, 0.15) is 16.9 Å². The third-order valence-electron chi connectivity index (χ3n) is 4.72. The van der Waals surface area contributed by atoms with E-state index in [4.69, 9.17) is 23.7 Å². The van der Waals surface area contributed by atoms with Crippen LogP contribution in [-0.4, -0.2) is 61.4 Å². The topological polar surface area (TPSA) is 126 Å². The Bertz CT molecular complexity index is 1210. The summed E-state index contributed by atoms with van der Waals surface area (Å²) in [5, 5.41) is 0.799. The number of ether oxygens (including phenoxy) is 5. The second kappa shape index (κ2) is 10.2. The van der Waals surface area contributed by atoms with Gasteiger partial charge in [0.05, 0.1) is 44.6 Å². The number of nitrogens with one attached hydrogen (secondary N) is 1. The van der Waals surface area contributed by atoms with Gasteiger partial charge in [-0.15, -0.1) is 0 Å². The molecule has 0 aliphatic heterocycles. The van der Waals surface area contributed by atoms with Gasteiger partial charge in [-0.1, -0.05) is 0 Å². The van der Waals surface area contributed by atoms with Gasteiger partial charge in [0.2, 0.25) is 0 Å². The summed E-state index contributed by atoms with van der Waals surface area (Å²) in [7, 11) is 1.42. The summed E-state index contributed by atoms with van der Waals surface area (Å²) in [5.74, 6) is -1.45. The van der Waals surface area contributed by atoms with Crippen molar-refractivity contribution in [2.45, 2.75) is 27.7 Å². The molecule has 2 aromatic heterocycles. The molecule has 0 fully saturated rings. The van der Waals surface area contributed by atoms with Crippen LogP contribution in [0.3, 0.4) is 0 Å². The second-order valence-corrected chi connectivity index (χ2v) is 6.71. The summed E-state index contributed by atoms with van der Waals surface area (Å²) in [6.07, 6.45) is 0.